The van der Waals surface area contributed by atoms with Crippen LogP contribution in [0.15, 0.2) is 12.3 Å². The average molecular weight is 309 g/mol. The van der Waals surface area contributed by atoms with E-state index >= 15 is 0 Å². The van der Waals surface area contributed by atoms with Crippen molar-refractivity contribution in [1.29, 1.82) is 0 Å². The summed E-state index contributed by atoms with van der Waals surface area (Å²) in [6.45, 7) is 15.2. The van der Waals surface area contributed by atoms with Gasteiger partial charge in [0.1, 0.15) is 5.15 Å². The number of halogens is 1. The summed E-state index contributed by atoms with van der Waals surface area (Å²) in [6, 6.07) is 1.82. The molecule has 0 atom stereocenters. The molecule has 0 radical (unpaired) electrons. The Morgan fingerprint density at radius 2 is 2.19 bits per heavy atom. The van der Waals surface area contributed by atoms with Crippen LogP contribution in [0.3, 0.4) is 0 Å². The highest BCUT2D eigenvalue weighted by Crippen LogP contribution is 2.20. The van der Waals surface area contributed by atoms with Crippen LogP contribution in [0.5, 0.6) is 0 Å². The lowest BCUT2D eigenvalue weighted by Crippen LogP contribution is -2.30. The van der Waals surface area contributed by atoms with Gasteiger partial charge in [0.2, 0.25) is 5.54 Å². The van der Waals surface area contributed by atoms with Gasteiger partial charge in [0.05, 0.1) is 11.3 Å². The standard InChI is InChI=1S/C15H21ClN4O/c1-10(2)20-12-8-13(16)19-9-11(12)14(21)18-7-6-15(3,4)17-5/h8-10H,6-7H2,1-4H3,(H,18,21)(H,19,20). The molecule has 1 amide bonds. The van der Waals surface area contributed by atoms with Crippen molar-refractivity contribution in [3.8, 4) is 0 Å². The minimum absolute atomic E-state index is 0.177. The Morgan fingerprint density at radius 1 is 1.52 bits per heavy atom. The zero-order valence-corrected chi connectivity index (χ0v) is 13.6. The lowest BCUT2D eigenvalue weighted by atomic mass is 10.0. The lowest BCUT2D eigenvalue weighted by Gasteiger charge is -2.15. The van der Waals surface area contributed by atoms with E-state index in [0.29, 0.717) is 29.4 Å². The lowest BCUT2D eigenvalue weighted by molar-refractivity contribution is 0.0952. The minimum atomic E-state index is -0.468. The monoisotopic (exact) mass is 308 g/mol. The van der Waals surface area contributed by atoms with E-state index in [1.54, 1.807) is 6.07 Å². The fraction of sp³-hybridized carbons (Fsp3) is 0.533. The van der Waals surface area contributed by atoms with Gasteiger partial charge in [-0.2, -0.15) is 0 Å². The zero-order chi connectivity index (χ0) is 16.0. The number of aromatic nitrogens is 1. The second-order valence-electron chi connectivity index (χ2n) is 5.78. The molecular weight excluding hydrogens is 288 g/mol. The van der Waals surface area contributed by atoms with Crippen LogP contribution in [0.2, 0.25) is 5.15 Å². The van der Waals surface area contributed by atoms with Gasteiger partial charge < -0.3 is 15.5 Å². The van der Waals surface area contributed by atoms with Crippen LogP contribution in [-0.4, -0.2) is 29.0 Å². The van der Waals surface area contributed by atoms with E-state index in [0.717, 1.165) is 0 Å². The Kier molecular flexibility index (Phi) is 5.98. The summed E-state index contributed by atoms with van der Waals surface area (Å²) in [7, 11) is 0. The molecule has 0 aliphatic heterocycles. The summed E-state index contributed by atoms with van der Waals surface area (Å²) < 4.78 is 0. The van der Waals surface area contributed by atoms with Crippen LogP contribution in [0.1, 0.15) is 44.5 Å². The molecule has 21 heavy (non-hydrogen) atoms. The first-order valence-corrected chi connectivity index (χ1v) is 7.22. The van der Waals surface area contributed by atoms with Crippen molar-refractivity contribution in [3.05, 3.63) is 34.4 Å². The summed E-state index contributed by atoms with van der Waals surface area (Å²) in [5, 5.41) is 6.33. The van der Waals surface area contributed by atoms with Crippen LogP contribution < -0.4 is 10.6 Å². The molecular formula is C15H21ClN4O. The Hall–Kier alpha value is -1.80. The van der Waals surface area contributed by atoms with Crippen molar-refractivity contribution in [2.75, 3.05) is 11.9 Å². The van der Waals surface area contributed by atoms with Gasteiger partial charge in [-0.15, -0.1) is 0 Å². The number of hydrogen-bond acceptors (Lipinski definition) is 3. The molecule has 0 aliphatic carbocycles. The molecule has 2 N–H and O–H groups in total. The summed E-state index contributed by atoms with van der Waals surface area (Å²) in [5.74, 6) is -0.219. The first-order chi connectivity index (χ1) is 9.75. The predicted octanol–water partition coefficient (Wildman–Crippen LogP) is 3.37. The van der Waals surface area contributed by atoms with Crippen LogP contribution in [-0.2, 0) is 0 Å². The molecule has 0 fully saturated rings. The highest BCUT2D eigenvalue weighted by molar-refractivity contribution is 6.29. The van der Waals surface area contributed by atoms with Crippen LogP contribution in [0.4, 0.5) is 5.69 Å². The van der Waals surface area contributed by atoms with Crippen molar-refractivity contribution in [2.45, 2.75) is 45.7 Å². The Morgan fingerprint density at radius 3 is 2.76 bits per heavy atom. The number of pyridine rings is 1. The predicted molar refractivity (Wildman–Crippen MR) is 85.6 cm³/mol. The van der Waals surface area contributed by atoms with Crippen LogP contribution in [0.25, 0.3) is 4.85 Å². The van der Waals surface area contributed by atoms with E-state index < -0.39 is 5.54 Å². The number of anilines is 1. The third kappa shape index (κ3) is 5.60. The van der Waals surface area contributed by atoms with Gasteiger partial charge in [0.15, 0.2) is 0 Å². The van der Waals surface area contributed by atoms with Crippen molar-refractivity contribution in [3.63, 3.8) is 0 Å². The van der Waals surface area contributed by atoms with Gasteiger partial charge in [0, 0.05) is 39.1 Å². The topological polar surface area (TPSA) is 58.4 Å². The van der Waals surface area contributed by atoms with E-state index in [1.165, 1.54) is 6.20 Å². The summed E-state index contributed by atoms with van der Waals surface area (Å²) >= 11 is 5.87. The number of carbonyl (C=O) groups excluding carboxylic acids is 1. The minimum Gasteiger partial charge on any atom is -0.382 e. The second kappa shape index (κ2) is 7.28. The number of nitrogens with one attached hydrogen (secondary N) is 2. The normalized spacial score (nSPS) is 11.1. The number of hydrogen-bond donors (Lipinski definition) is 2. The van der Waals surface area contributed by atoms with Gasteiger partial charge in [-0.25, -0.2) is 11.6 Å². The van der Waals surface area contributed by atoms with Gasteiger partial charge in [-0.05, 0) is 19.9 Å². The Labute approximate surface area is 130 Å². The highest BCUT2D eigenvalue weighted by Gasteiger charge is 2.22. The van der Waals surface area contributed by atoms with Gasteiger partial charge in [-0.3, -0.25) is 4.79 Å². The van der Waals surface area contributed by atoms with E-state index in [-0.39, 0.29) is 11.9 Å². The van der Waals surface area contributed by atoms with Crippen molar-refractivity contribution >= 4 is 23.2 Å². The average Bonchev–Trinajstić information content (AvgIpc) is 2.37. The van der Waals surface area contributed by atoms with Crippen LogP contribution in [0, 0.1) is 6.57 Å². The van der Waals surface area contributed by atoms with Gasteiger partial charge in [0.25, 0.3) is 5.91 Å². The molecule has 0 aliphatic rings. The Bertz CT molecular complexity index is 549. The molecule has 0 spiro atoms. The summed E-state index contributed by atoms with van der Waals surface area (Å²) in [5.41, 5.74) is 0.644. The molecule has 0 unspecified atom stereocenters. The zero-order valence-electron chi connectivity index (χ0n) is 12.8. The molecule has 5 nitrogen and oxygen atoms in total. The number of amides is 1. The molecule has 1 rings (SSSR count). The summed E-state index contributed by atoms with van der Waals surface area (Å²) in [6.07, 6.45) is 2.05. The van der Waals surface area contributed by atoms with E-state index in [1.807, 2.05) is 27.7 Å². The fourth-order valence-electron chi connectivity index (χ4n) is 1.67. The highest BCUT2D eigenvalue weighted by atomic mass is 35.5. The maximum Gasteiger partial charge on any atom is 0.254 e. The maximum absolute atomic E-state index is 12.2. The number of nitrogens with zero attached hydrogens (tertiary/aromatic N) is 2. The number of rotatable bonds is 6. The molecule has 1 aromatic heterocycles. The smallest absolute Gasteiger partial charge is 0.254 e. The molecule has 6 heteroatoms. The maximum atomic E-state index is 12.2. The van der Waals surface area contributed by atoms with E-state index in [2.05, 4.69) is 20.5 Å². The molecule has 1 aromatic rings. The second-order valence-corrected chi connectivity index (χ2v) is 6.17. The van der Waals surface area contributed by atoms with Gasteiger partial charge >= 0.3 is 0 Å². The first kappa shape index (κ1) is 17.3. The molecule has 0 saturated carbocycles. The SMILES string of the molecule is [C-]#[N+]C(C)(C)CCNC(=O)c1cnc(Cl)cc1NC(C)C. The molecule has 0 aromatic carbocycles. The van der Waals surface area contributed by atoms with Crippen LogP contribution >= 0.6 is 11.6 Å². The largest absolute Gasteiger partial charge is 0.382 e. The van der Waals surface area contributed by atoms with E-state index in [4.69, 9.17) is 18.2 Å². The van der Waals surface area contributed by atoms with Crippen molar-refractivity contribution in [1.82, 2.24) is 10.3 Å². The Balaban J connectivity index is 2.76. The molecule has 0 saturated heterocycles. The third-order valence-corrected chi connectivity index (χ3v) is 3.09. The quantitative estimate of drug-likeness (QED) is 0.626. The fourth-order valence-corrected chi connectivity index (χ4v) is 1.83. The molecule has 1 heterocycles. The first-order valence-electron chi connectivity index (χ1n) is 6.84. The van der Waals surface area contributed by atoms with Crippen molar-refractivity contribution in [2.24, 2.45) is 0 Å². The molecule has 114 valence electrons. The third-order valence-electron chi connectivity index (χ3n) is 2.88. The molecule has 0 bridgehead atoms. The summed E-state index contributed by atoms with van der Waals surface area (Å²) in [4.78, 5) is 19.7. The van der Waals surface area contributed by atoms with Crippen molar-refractivity contribution < 1.29 is 4.79 Å². The van der Waals surface area contributed by atoms with Gasteiger partial charge in [-0.1, -0.05) is 11.6 Å². The van der Waals surface area contributed by atoms with E-state index in [9.17, 15) is 4.79 Å². The number of carbonyl (C=O) groups is 1.